The average molecular weight is 221 g/mol. The van der Waals surface area contributed by atoms with Gasteiger partial charge in [-0.15, -0.1) is 0 Å². The highest BCUT2D eigenvalue weighted by Gasteiger charge is 2.42. The van der Waals surface area contributed by atoms with E-state index >= 15 is 0 Å². The van der Waals surface area contributed by atoms with E-state index in [1.165, 1.54) is 0 Å². The van der Waals surface area contributed by atoms with Gasteiger partial charge in [0, 0.05) is 0 Å². The van der Waals surface area contributed by atoms with Crippen molar-refractivity contribution in [2.75, 3.05) is 13.2 Å². The van der Waals surface area contributed by atoms with Crippen LogP contribution in [0.5, 0.6) is 0 Å². The van der Waals surface area contributed by atoms with E-state index in [9.17, 15) is 10.2 Å². The predicted octanol–water partition coefficient (Wildman–Crippen LogP) is -1.60. The second kappa shape index (κ2) is 5.74. The molecule has 1 fully saturated rings. The highest BCUT2D eigenvalue weighted by molar-refractivity contribution is 4.93. The van der Waals surface area contributed by atoms with Crippen LogP contribution in [-0.2, 0) is 9.57 Å². The van der Waals surface area contributed by atoms with Gasteiger partial charge in [-0.3, -0.25) is 0 Å². The molecule has 1 saturated heterocycles. The van der Waals surface area contributed by atoms with Gasteiger partial charge in [0.1, 0.15) is 18.3 Å². The Bertz CT molecular complexity index is 191. The van der Waals surface area contributed by atoms with Crippen LogP contribution in [0.3, 0.4) is 0 Å². The van der Waals surface area contributed by atoms with E-state index < -0.39 is 24.4 Å². The minimum atomic E-state index is -1.11. The highest BCUT2D eigenvalue weighted by Crippen LogP contribution is 2.20. The summed E-state index contributed by atoms with van der Waals surface area (Å²) in [5.74, 6) is 0. The lowest BCUT2D eigenvalue weighted by atomic mass is 9.94. The molecule has 6 heteroatoms. The van der Waals surface area contributed by atoms with E-state index in [2.05, 4.69) is 5.48 Å². The Morgan fingerprint density at radius 3 is 2.53 bits per heavy atom. The summed E-state index contributed by atoms with van der Waals surface area (Å²) >= 11 is 0. The molecule has 1 aliphatic rings. The molecule has 0 radical (unpaired) electrons. The maximum atomic E-state index is 9.75. The molecule has 5 atom stereocenters. The minimum Gasteiger partial charge on any atom is -0.394 e. The van der Waals surface area contributed by atoms with Gasteiger partial charge in [0.25, 0.3) is 0 Å². The standard InChI is InChI=1S/C9H19NO5/c1-3-14-10-7-5(2)15-6(4-11)8(12)9(7)13/h5-13H,3-4H2,1-2H3/t5-,6?,7?,8+,9+/m1/s1. The second-order valence-corrected chi connectivity index (χ2v) is 3.62. The van der Waals surface area contributed by atoms with Crippen molar-refractivity contribution in [3.8, 4) is 0 Å². The summed E-state index contributed by atoms with van der Waals surface area (Å²) in [6.07, 6.45) is -3.21. The molecule has 4 N–H and O–H groups in total. The van der Waals surface area contributed by atoms with Crippen molar-refractivity contribution >= 4 is 0 Å². The third kappa shape index (κ3) is 2.87. The Labute approximate surface area is 88.8 Å². The van der Waals surface area contributed by atoms with Gasteiger partial charge in [-0.25, -0.2) is 0 Å². The quantitative estimate of drug-likeness (QED) is 0.427. The molecule has 1 heterocycles. The molecule has 6 nitrogen and oxygen atoms in total. The first-order valence-corrected chi connectivity index (χ1v) is 5.11. The van der Waals surface area contributed by atoms with Crippen LogP contribution in [0.1, 0.15) is 13.8 Å². The normalized spacial score (nSPS) is 41.8. The fourth-order valence-corrected chi connectivity index (χ4v) is 1.65. The summed E-state index contributed by atoms with van der Waals surface area (Å²) in [6.45, 7) is 3.69. The van der Waals surface area contributed by atoms with Gasteiger partial charge in [0.05, 0.1) is 25.4 Å². The van der Waals surface area contributed by atoms with E-state index in [4.69, 9.17) is 14.7 Å². The molecule has 2 unspecified atom stereocenters. The Hall–Kier alpha value is -0.240. The van der Waals surface area contributed by atoms with Crippen molar-refractivity contribution < 1.29 is 24.9 Å². The third-order valence-electron chi connectivity index (χ3n) is 2.54. The molecule has 0 amide bonds. The van der Waals surface area contributed by atoms with E-state index in [0.717, 1.165) is 0 Å². The first kappa shape index (κ1) is 12.8. The fourth-order valence-electron chi connectivity index (χ4n) is 1.65. The van der Waals surface area contributed by atoms with Crippen molar-refractivity contribution in [3.63, 3.8) is 0 Å². The maximum Gasteiger partial charge on any atom is 0.110 e. The summed E-state index contributed by atoms with van der Waals surface area (Å²) in [7, 11) is 0. The lowest BCUT2D eigenvalue weighted by molar-refractivity contribution is -0.208. The number of hydrogen-bond acceptors (Lipinski definition) is 6. The van der Waals surface area contributed by atoms with Crippen LogP contribution in [0, 0.1) is 0 Å². The minimum absolute atomic E-state index is 0.316. The number of rotatable bonds is 4. The van der Waals surface area contributed by atoms with Crippen LogP contribution >= 0.6 is 0 Å². The summed E-state index contributed by atoms with van der Waals surface area (Å²) in [4.78, 5) is 4.97. The molecule has 1 aliphatic heterocycles. The monoisotopic (exact) mass is 221 g/mol. The molecular formula is C9H19NO5. The molecule has 0 bridgehead atoms. The Kier molecular flexibility index (Phi) is 4.91. The fraction of sp³-hybridized carbons (Fsp3) is 1.00. The van der Waals surface area contributed by atoms with E-state index in [1.54, 1.807) is 13.8 Å². The second-order valence-electron chi connectivity index (χ2n) is 3.62. The van der Waals surface area contributed by atoms with Crippen molar-refractivity contribution in [1.82, 2.24) is 5.48 Å². The van der Waals surface area contributed by atoms with Gasteiger partial charge in [-0.05, 0) is 13.8 Å². The summed E-state index contributed by atoms with van der Waals surface area (Å²) < 4.78 is 5.33. The van der Waals surface area contributed by atoms with Crippen molar-refractivity contribution in [1.29, 1.82) is 0 Å². The van der Waals surface area contributed by atoms with Crippen LogP contribution < -0.4 is 5.48 Å². The van der Waals surface area contributed by atoms with Gasteiger partial charge < -0.3 is 24.9 Å². The van der Waals surface area contributed by atoms with Gasteiger partial charge in [0.2, 0.25) is 0 Å². The topological polar surface area (TPSA) is 91.2 Å². The Morgan fingerprint density at radius 1 is 1.33 bits per heavy atom. The van der Waals surface area contributed by atoms with Crippen LogP contribution in [0.15, 0.2) is 0 Å². The number of hydrogen-bond donors (Lipinski definition) is 4. The molecule has 0 aromatic heterocycles. The van der Waals surface area contributed by atoms with Gasteiger partial charge in [-0.2, -0.15) is 5.48 Å². The molecule has 1 rings (SSSR count). The molecule has 0 aromatic rings. The number of aliphatic hydroxyl groups is 3. The number of hydroxylamine groups is 1. The average Bonchev–Trinajstić information content (AvgIpc) is 2.23. The zero-order valence-corrected chi connectivity index (χ0v) is 8.96. The first-order valence-electron chi connectivity index (χ1n) is 5.11. The summed E-state index contributed by atoms with van der Waals surface area (Å²) in [6, 6.07) is -0.497. The molecule has 15 heavy (non-hydrogen) atoms. The number of aliphatic hydroxyl groups excluding tert-OH is 3. The summed E-state index contributed by atoms with van der Waals surface area (Å²) in [5.41, 5.74) is 2.63. The van der Waals surface area contributed by atoms with E-state index in [1.807, 2.05) is 0 Å². The van der Waals surface area contributed by atoms with Crippen molar-refractivity contribution in [3.05, 3.63) is 0 Å². The molecular weight excluding hydrogens is 202 g/mol. The van der Waals surface area contributed by atoms with Crippen molar-refractivity contribution in [2.45, 2.75) is 44.3 Å². The summed E-state index contributed by atoms with van der Waals surface area (Å²) in [5, 5.41) is 28.3. The molecule has 0 spiro atoms. The lowest BCUT2D eigenvalue weighted by Crippen LogP contribution is -2.62. The number of ether oxygens (including phenoxy) is 1. The highest BCUT2D eigenvalue weighted by atomic mass is 16.6. The third-order valence-corrected chi connectivity index (χ3v) is 2.54. The largest absolute Gasteiger partial charge is 0.394 e. The van der Waals surface area contributed by atoms with E-state index in [-0.39, 0.29) is 12.7 Å². The lowest BCUT2D eigenvalue weighted by Gasteiger charge is -2.41. The van der Waals surface area contributed by atoms with Gasteiger partial charge >= 0.3 is 0 Å². The predicted molar refractivity (Wildman–Crippen MR) is 52.0 cm³/mol. The number of nitrogens with one attached hydrogen (secondary N) is 1. The van der Waals surface area contributed by atoms with Gasteiger partial charge in [-0.1, -0.05) is 0 Å². The van der Waals surface area contributed by atoms with E-state index in [0.29, 0.717) is 6.61 Å². The van der Waals surface area contributed by atoms with Gasteiger partial charge in [0.15, 0.2) is 0 Å². The van der Waals surface area contributed by atoms with Crippen LogP contribution in [-0.4, -0.2) is 59.0 Å². The zero-order valence-electron chi connectivity index (χ0n) is 8.96. The van der Waals surface area contributed by atoms with Crippen molar-refractivity contribution in [2.24, 2.45) is 0 Å². The Balaban J connectivity index is 2.58. The Morgan fingerprint density at radius 2 is 2.00 bits per heavy atom. The smallest absolute Gasteiger partial charge is 0.110 e. The molecule has 90 valence electrons. The molecule has 0 saturated carbocycles. The van der Waals surface area contributed by atoms with Crippen LogP contribution in [0.25, 0.3) is 0 Å². The molecule has 0 aliphatic carbocycles. The van der Waals surface area contributed by atoms with Crippen LogP contribution in [0.4, 0.5) is 0 Å². The maximum absolute atomic E-state index is 9.75. The molecule has 0 aromatic carbocycles. The van der Waals surface area contributed by atoms with Crippen LogP contribution in [0.2, 0.25) is 0 Å². The first-order chi connectivity index (χ1) is 7.11. The zero-order chi connectivity index (χ0) is 11.4. The SMILES string of the molecule is CCONC1[C@@H](C)OC(CO)[C@H](O)[C@H]1O.